The monoisotopic (exact) mass is 404 g/mol. The second-order valence-electron chi connectivity index (χ2n) is 7.06. The van der Waals surface area contributed by atoms with Gasteiger partial charge in [-0.05, 0) is 50.1 Å². The number of carbonyl (C=O) groups is 1. The largest absolute Gasteiger partial charge is 0.497 e. The summed E-state index contributed by atoms with van der Waals surface area (Å²) in [6.07, 6.45) is 3.58. The van der Waals surface area contributed by atoms with E-state index in [9.17, 15) is 4.79 Å². The molecule has 0 spiro atoms. The molecule has 8 nitrogen and oxygen atoms in total. The molecule has 1 aromatic carbocycles. The Hall–Kier alpha value is -3.68. The van der Waals surface area contributed by atoms with Crippen LogP contribution in [-0.4, -0.2) is 37.6 Å². The van der Waals surface area contributed by atoms with Gasteiger partial charge in [0, 0.05) is 24.3 Å². The molecular weight excluding hydrogens is 380 g/mol. The Morgan fingerprint density at radius 3 is 2.53 bits per heavy atom. The molecule has 0 radical (unpaired) electrons. The highest BCUT2D eigenvalue weighted by Crippen LogP contribution is 2.30. The zero-order valence-electron chi connectivity index (χ0n) is 17.5. The number of rotatable bonds is 6. The fourth-order valence-corrected chi connectivity index (χ4v) is 3.53. The first-order valence-electron chi connectivity index (χ1n) is 9.80. The number of anilines is 1. The molecule has 0 unspecified atom stereocenters. The van der Waals surface area contributed by atoms with Crippen molar-refractivity contribution in [1.82, 2.24) is 24.5 Å². The molecule has 8 heteroatoms. The summed E-state index contributed by atoms with van der Waals surface area (Å²) in [5.41, 5.74) is 5.06. The summed E-state index contributed by atoms with van der Waals surface area (Å²) in [5, 5.41) is 12.8. The zero-order chi connectivity index (χ0) is 21.3. The van der Waals surface area contributed by atoms with Crippen LogP contribution in [0.25, 0.3) is 22.2 Å². The van der Waals surface area contributed by atoms with E-state index in [2.05, 4.69) is 20.5 Å². The molecule has 0 bridgehead atoms. The van der Waals surface area contributed by atoms with Crippen molar-refractivity contribution in [3.63, 3.8) is 0 Å². The second kappa shape index (κ2) is 7.98. The van der Waals surface area contributed by atoms with Crippen LogP contribution in [-0.2, 0) is 17.9 Å². The van der Waals surface area contributed by atoms with Crippen LogP contribution in [0, 0.1) is 13.8 Å². The third-order valence-electron chi connectivity index (χ3n) is 5.05. The minimum atomic E-state index is -0.171. The lowest BCUT2D eigenvalue weighted by molar-refractivity contribution is -0.116. The van der Waals surface area contributed by atoms with Gasteiger partial charge in [-0.2, -0.15) is 10.2 Å². The molecule has 3 heterocycles. The Morgan fingerprint density at radius 2 is 1.87 bits per heavy atom. The summed E-state index contributed by atoms with van der Waals surface area (Å²) >= 11 is 0. The number of methoxy groups -OCH3 is 1. The maximum Gasteiger partial charge on any atom is 0.246 e. The summed E-state index contributed by atoms with van der Waals surface area (Å²) in [5.74, 6) is 0.629. The van der Waals surface area contributed by atoms with E-state index in [1.54, 1.807) is 22.7 Å². The topological polar surface area (TPSA) is 86.9 Å². The first kappa shape index (κ1) is 19.6. The van der Waals surface area contributed by atoms with Gasteiger partial charge in [0.2, 0.25) is 5.91 Å². The Bertz CT molecular complexity index is 1210. The molecule has 0 saturated carbocycles. The first-order valence-corrected chi connectivity index (χ1v) is 9.80. The van der Waals surface area contributed by atoms with Crippen molar-refractivity contribution >= 4 is 22.6 Å². The number of benzene rings is 1. The predicted octanol–water partition coefficient (Wildman–Crippen LogP) is 3.58. The van der Waals surface area contributed by atoms with Gasteiger partial charge in [0.1, 0.15) is 12.3 Å². The van der Waals surface area contributed by atoms with Gasteiger partial charge in [-0.15, -0.1) is 0 Å². The van der Waals surface area contributed by atoms with Crippen molar-refractivity contribution in [3.05, 3.63) is 54.1 Å². The normalized spacial score (nSPS) is 11.1. The molecule has 0 aliphatic rings. The number of nitrogens with zero attached hydrogens (tertiary/aromatic N) is 5. The Labute approximate surface area is 174 Å². The fourth-order valence-electron chi connectivity index (χ4n) is 3.53. The highest BCUT2D eigenvalue weighted by molar-refractivity contribution is 5.96. The van der Waals surface area contributed by atoms with Crippen molar-refractivity contribution in [1.29, 1.82) is 0 Å². The molecule has 30 heavy (non-hydrogen) atoms. The summed E-state index contributed by atoms with van der Waals surface area (Å²) in [6, 6.07) is 9.82. The van der Waals surface area contributed by atoms with Crippen molar-refractivity contribution in [2.45, 2.75) is 33.9 Å². The zero-order valence-corrected chi connectivity index (χ0v) is 17.5. The average molecular weight is 404 g/mol. The van der Waals surface area contributed by atoms with Crippen molar-refractivity contribution in [2.24, 2.45) is 0 Å². The molecule has 0 atom stereocenters. The summed E-state index contributed by atoms with van der Waals surface area (Å²) in [7, 11) is 1.65. The van der Waals surface area contributed by atoms with Crippen LogP contribution in [0.5, 0.6) is 5.75 Å². The molecule has 3 aromatic heterocycles. The van der Waals surface area contributed by atoms with Crippen molar-refractivity contribution < 1.29 is 9.53 Å². The maximum absolute atomic E-state index is 12.7. The number of aromatic nitrogens is 5. The third-order valence-corrected chi connectivity index (χ3v) is 5.05. The first-order chi connectivity index (χ1) is 14.5. The van der Waals surface area contributed by atoms with Gasteiger partial charge in [0.15, 0.2) is 5.65 Å². The minimum Gasteiger partial charge on any atom is -0.497 e. The van der Waals surface area contributed by atoms with Crippen LogP contribution in [0.1, 0.15) is 18.3 Å². The van der Waals surface area contributed by atoms with Crippen LogP contribution in [0.3, 0.4) is 0 Å². The summed E-state index contributed by atoms with van der Waals surface area (Å²) in [6.45, 7) is 6.62. The Kier molecular flexibility index (Phi) is 5.22. The van der Waals surface area contributed by atoms with Crippen molar-refractivity contribution in [2.75, 3.05) is 12.4 Å². The van der Waals surface area contributed by atoms with E-state index in [0.717, 1.165) is 40.2 Å². The third kappa shape index (κ3) is 3.63. The SMILES string of the molecule is CCn1cc(NC(=O)Cn2nc(C)c3c(-c4ccc(OC)cc4)ccnc32)c(C)n1. The minimum absolute atomic E-state index is 0.0696. The number of hydrogen-bond donors (Lipinski definition) is 1. The second-order valence-corrected chi connectivity index (χ2v) is 7.06. The number of hydrogen-bond acceptors (Lipinski definition) is 5. The number of pyridine rings is 1. The van der Waals surface area contributed by atoms with Gasteiger partial charge in [-0.3, -0.25) is 9.48 Å². The Balaban J connectivity index is 1.64. The van der Waals surface area contributed by atoms with Gasteiger partial charge in [-0.25, -0.2) is 9.67 Å². The average Bonchev–Trinajstić information content (AvgIpc) is 3.27. The molecular formula is C22H24N6O2. The van der Waals surface area contributed by atoms with Crippen LogP contribution in [0.15, 0.2) is 42.7 Å². The molecule has 4 aromatic rings. The summed E-state index contributed by atoms with van der Waals surface area (Å²) < 4.78 is 8.69. The van der Waals surface area contributed by atoms with E-state index in [1.165, 1.54) is 0 Å². The van der Waals surface area contributed by atoms with E-state index in [4.69, 9.17) is 4.74 Å². The Morgan fingerprint density at radius 1 is 1.10 bits per heavy atom. The van der Waals surface area contributed by atoms with Crippen molar-refractivity contribution in [3.8, 4) is 16.9 Å². The lowest BCUT2D eigenvalue weighted by atomic mass is 10.0. The highest BCUT2D eigenvalue weighted by atomic mass is 16.5. The predicted molar refractivity (Wildman–Crippen MR) is 116 cm³/mol. The van der Waals surface area contributed by atoms with Gasteiger partial charge in [0.05, 0.1) is 24.2 Å². The van der Waals surface area contributed by atoms with E-state index in [0.29, 0.717) is 11.3 Å². The van der Waals surface area contributed by atoms with Gasteiger partial charge in [0.25, 0.3) is 0 Å². The summed E-state index contributed by atoms with van der Waals surface area (Å²) in [4.78, 5) is 17.2. The van der Waals surface area contributed by atoms with Gasteiger partial charge >= 0.3 is 0 Å². The van der Waals surface area contributed by atoms with Crippen LogP contribution in [0.2, 0.25) is 0 Å². The maximum atomic E-state index is 12.7. The van der Waals surface area contributed by atoms with E-state index >= 15 is 0 Å². The standard InChI is InChI=1S/C22H24N6O2/c1-5-27-12-19(14(2)25-27)24-20(29)13-28-22-21(15(3)26-28)18(10-11-23-22)16-6-8-17(30-4)9-7-16/h6-12H,5,13H2,1-4H3,(H,24,29). The van der Waals surface area contributed by atoms with Crippen LogP contribution in [0.4, 0.5) is 5.69 Å². The highest BCUT2D eigenvalue weighted by Gasteiger charge is 2.17. The molecule has 154 valence electrons. The molecule has 0 aliphatic carbocycles. The molecule has 0 fully saturated rings. The smallest absolute Gasteiger partial charge is 0.246 e. The van der Waals surface area contributed by atoms with E-state index < -0.39 is 0 Å². The molecule has 4 rings (SSSR count). The number of aryl methyl sites for hydroxylation is 3. The van der Waals surface area contributed by atoms with Gasteiger partial charge < -0.3 is 10.1 Å². The van der Waals surface area contributed by atoms with E-state index in [-0.39, 0.29) is 12.5 Å². The number of ether oxygens (including phenoxy) is 1. The lowest BCUT2D eigenvalue weighted by Crippen LogP contribution is -2.20. The number of carbonyl (C=O) groups excluding carboxylic acids is 1. The lowest BCUT2D eigenvalue weighted by Gasteiger charge is -2.07. The number of fused-ring (bicyclic) bond motifs is 1. The van der Waals surface area contributed by atoms with Gasteiger partial charge in [-0.1, -0.05) is 12.1 Å². The molecule has 0 saturated heterocycles. The van der Waals surface area contributed by atoms with Crippen LogP contribution >= 0.6 is 0 Å². The number of nitrogens with one attached hydrogen (secondary N) is 1. The van der Waals surface area contributed by atoms with Crippen LogP contribution < -0.4 is 10.1 Å². The molecule has 1 amide bonds. The van der Waals surface area contributed by atoms with E-state index in [1.807, 2.05) is 57.3 Å². The fraction of sp³-hybridized carbons (Fsp3) is 0.273. The quantitative estimate of drug-likeness (QED) is 0.531. The molecule has 1 N–H and O–H groups in total. The number of amides is 1. The molecule has 0 aliphatic heterocycles.